The summed E-state index contributed by atoms with van der Waals surface area (Å²) in [5.41, 5.74) is 6.41. The highest BCUT2D eigenvalue weighted by Gasteiger charge is 2.16. The third kappa shape index (κ3) is 4.30. The number of carbonyl (C=O) groups excluding carboxylic acids is 1. The van der Waals surface area contributed by atoms with Gasteiger partial charge in [-0.05, 0) is 35.7 Å². The van der Waals surface area contributed by atoms with Crippen molar-refractivity contribution in [1.82, 2.24) is 0 Å². The van der Waals surface area contributed by atoms with E-state index in [4.69, 9.17) is 15.6 Å². The molecule has 0 saturated heterocycles. The highest BCUT2D eigenvalue weighted by atomic mass is 32.1. The third-order valence-corrected chi connectivity index (χ3v) is 3.57. The normalized spacial score (nSPS) is 11.7. The van der Waals surface area contributed by atoms with E-state index in [1.807, 2.05) is 11.4 Å². The van der Waals surface area contributed by atoms with Gasteiger partial charge in [0.1, 0.15) is 11.8 Å². The number of anilines is 1. The topological polar surface area (TPSA) is 102 Å². The monoisotopic (exact) mass is 306 g/mol. The van der Waals surface area contributed by atoms with Gasteiger partial charge in [-0.3, -0.25) is 4.79 Å². The minimum absolute atomic E-state index is 0.309. The van der Waals surface area contributed by atoms with Crippen LogP contribution in [0.3, 0.4) is 0 Å². The first-order valence-electron chi connectivity index (χ1n) is 6.11. The van der Waals surface area contributed by atoms with Crippen molar-refractivity contribution < 1.29 is 19.4 Å². The average Bonchev–Trinajstić information content (AvgIpc) is 2.99. The number of hydrogen-bond acceptors (Lipinski definition) is 5. The van der Waals surface area contributed by atoms with Crippen LogP contribution in [0.5, 0.6) is 5.75 Å². The first-order valence-corrected chi connectivity index (χ1v) is 6.99. The zero-order chi connectivity index (χ0) is 15.2. The summed E-state index contributed by atoms with van der Waals surface area (Å²) in [5, 5.41) is 13.1. The molecule has 0 aliphatic rings. The highest BCUT2D eigenvalue weighted by Crippen LogP contribution is 2.20. The lowest BCUT2D eigenvalue weighted by Gasteiger charge is -2.11. The van der Waals surface area contributed by atoms with Crippen LogP contribution in [-0.2, 0) is 9.59 Å². The van der Waals surface area contributed by atoms with Gasteiger partial charge in [-0.2, -0.15) is 0 Å². The van der Waals surface area contributed by atoms with Crippen molar-refractivity contribution in [1.29, 1.82) is 0 Å². The molecule has 0 bridgehead atoms. The van der Waals surface area contributed by atoms with Crippen LogP contribution in [0.15, 0.2) is 41.8 Å². The Morgan fingerprint density at radius 1 is 1.29 bits per heavy atom. The van der Waals surface area contributed by atoms with Crippen molar-refractivity contribution in [3.05, 3.63) is 46.7 Å². The van der Waals surface area contributed by atoms with Crippen LogP contribution in [0.25, 0.3) is 0 Å². The maximum atomic E-state index is 12.0. The van der Waals surface area contributed by atoms with Gasteiger partial charge in [-0.15, -0.1) is 11.3 Å². The van der Waals surface area contributed by atoms with E-state index in [-0.39, 0.29) is 5.91 Å². The van der Waals surface area contributed by atoms with Crippen molar-refractivity contribution in [2.45, 2.75) is 6.04 Å². The first kappa shape index (κ1) is 15.0. The van der Waals surface area contributed by atoms with Crippen molar-refractivity contribution in [2.24, 2.45) is 5.73 Å². The predicted octanol–water partition coefficient (Wildman–Crippen LogP) is 1.85. The number of nitrogens with one attached hydrogen (secondary N) is 1. The van der Waals surface area contributed by atoms with Crippen LogP contribution in [0, 0.1) is 0 Å². The van der Waals surface area contributed by atoms with E-state index in [9.17, 15) is 9.59 Å². The number of carboxylic acids is 1. The summed E-state index contributed by atoms with van der Waals surface area (Å²) >= 11 is 1.42. The molecule has 2 aromatic rings. The molecule has 1 unspecified atom stereocenters. The standard InChI is InChI=1S/C14H14N2O4S/c15-13(11-2-1-7-21-11)14(19)16-9-3-5-10(6-4-9)20-8-12(17)18/h1-7,13H,8,15H2,(H,16,19)(H,17,18). The Hall–Kier alpha value is -2.38. The minimum Gasteiger partial charge on any atom is -0.482 e. The van der Waals surface area contributed by atoms with E-state index in [2.05, 4.69) is 5.32 Å². The molecular formula is C14H14N2O4S. The fourth-order valence-corrected chi connectivity index (χ4v) is 2.32. The molecule has 0 spiro atoms. The third-order valence-electron chi connectivity index (χ3n) is 2.62. The van der Waals surface area contributed by atoms with Gasteiger partial charge in [-0.1, -0.05) is 6.07 Å². The number of thiophene rings is 1. The van der Waals surface area contributed by atoms with Crippen LogP contribution in [0.4, 0.5) is 5.69 Å². The Labute approximate surface area is 125 Å². The Kier molecular flexibility index (Phi) is 4.91. The van der Waals surface area contributed by atoms with E-state index in [1.54, 1.807) is 30.3 Å². The van der Waals surface area contributed by atoms with Gasteiger partial charge < -0.3 is 20.9 Å². The Morgan fingerprint density at radius 3 is 2.57 bits per heavy atom. The summed E-state index contributed by atoms with van der Waals surface area (Å²) in [7, 11) is 0. The molecule has 0 fully saturated rings. The maximum Gasteiger partial charge on any atom is 0.341 e. The lowest BCUT2D eigenvalue weighted by atomic mass is 10.2. The zero-order valence-electron chi connectivity index (χ0n) is 11.0. The fourth-order valence-electron chi connectivity index (χ4n) is 1.60. The van der Waals surface area contributed by atoms with E-state index >= 15 is 0 Å². The molecule has 1 atom stereocenters. The average molecular weight is 306 g/mol. The number of carboxylic acid groups (broad SMARTS) is 1. The van der Waals surface area contributed by atoms with Gasteiger partial charge in [0.05, 0.1) is 0 Å². The van der Waals surface area contributed by atoms with Gasteiger partial charge in [0, 0.05) is 10.6 Å². The van der Waals surface area contributed by atoms with E-state index in [0.29, 0.717) is 11.4 Å². The fraction of sp³-hybridized carbons (Fsp3) is 0.143. The molecule has 0 aliphatic heterocycles. The second-order valence-corrected chi connectivity index (χ2v) is 5.17. The van der Waals surface area contributed by atoms with Gasteiger partial charge in [0.25, 0.3) is 0 Å². The van der Waals surface area contributed by atoms with Gasteiger partial charge >= 0.3 is 5.97 Å². The molecule has 21 heavy (non-hydrogen) atoms. The summed E-state index contributed by atoms with van der Waals surface area (Å²) in [6, 6.07) is 9.32. The molecule has 0 saturated carbocycles. The van der Waals surface area contributed by atoms with Crippen LogP contribution >= 0.6 is 11.3 Å². The number of amides is 1. The zero-order valence-corrected chi connectivity index (χ0v) is 11.8. The summed E-state index contributed by atoms with van der Waals surface area (Å²) in [5.74, 6) is -0.941. The second kappa shape index (κ2) is 6.87. The number of carbonyl (C=O) groups is 2. The smallest absolute Gasteiger partial charge is 0.341 e. The summed E-state index contributed by atoms with van der Waals surface area (Å²) < 4.78 is 5.00. The molecule has 0 radical (unpaired) electrons. The Bertz CT molecular complexity index is 610. The molecule has 0 aliphatic carbocycles. The van der Waals surface area contributed by atoms with Crippen molar-refractivity contribution in [3.63, 3.8) is 0 Å². The molecule has 7 heteroatoms. The SMILES string of the molecule is NC(C(=O)Nc1ccc(OCC(=O)O)cc1)c1cccs1. The molecule has 4 N–H and O–H groups in total. The number of aliphatic carboxylic acids is 1. The maximum absolute atomic E-state index is 12.0. The molecule has 6 nitrogen and oxygen atoms in total. The van der Waals surface area contributed by atoms with Gasteiger partial charge in [0.15, 0.2) is 6.61 Å². The van der Waals surface area contributed by atoms with Crippen molar-refractivity contribution in [2.75, 3.05) is 11.9 Å². The number of ether oxygens (including phenoxy) is 1. The highest BCUT2D eigenvalue weighted by molar-refractivity contribution is 7.10. The minimum atomic E-state index is -1.05. The number of nitrogens with two attached hydrogens (primary N) is 1. The van der Waals surface area contributed by atoms with Crippen LogP contribution in [0.2, 0.25) is 0 Å². The van der Waals surface area contributed by atoms with Crippen LogP contribution < -0.4 is 15.8 Å². The Morgan fingerprint density at radius 2 is 2.00 bits per heavy atom. The van der Waals surface area contributed by atoms with E-state index in [1.165, 1.54) is 11.3 Å². The second-order valence-electron chi connectivity index (χ2n) is 4.19. The predicted molar refractivity (Wildman–Crippen MR) is 79.4 cm³/mol. The van der Waals surface area contributed by atoms with E-state index < -0.39 is 18.6 Å². The molecule has 110 valence electrons. The molecule has 1 amide bonds. The number of rotatable bonds is 6. The molecule has 1 heterocycles. The number of benzene rings is 1. The van der Waals surface area contributed by atoms with Gasteiger partial charge in [0.2, 0.25) is 5.91 Å². The van der Waals surface area contributed by atoms with Gasteiger partial charge in [-0.25, -0.2) is 4.79 Å². The molecular weight excluding hydrogens is 292 g/mol. The molecule has 2 rings (SSSR count). The summed E-state index contributed by atoms with van der Waals surface area (Å²) in [4.78, 5) is 23.1. The molecule has 1 aromatic carbocycles. The van der Waals surface area contributed by atoms with E-state index in [0.717, 1.165) is 4.88 Å². The quantitative estimate of drug-likeness (QED) is 0.756. The van der Waals surface area contributed by atoms with Crippen LogP contribution in [0.1, 0.15) is 10.9 Å². The largest absolute Gasteiger partial charge is 0.482 e. The van der Waals surface area contributed by atoms with Crippen LogP contribution in [-0.4, -0.2) is 23.6 Å². The lowest BCUT2D eigenvalue weighted by Crippen LogP contribution is -2.26. The lowest BCUT2D eigenvalue weighted by molar-refractivity contribution is -0.139. The first-order chi connectivity index (χ1) is 10.1. The summed E-state index contributed by atoms with van der Waals surface area (Å²) in [6.45, 7) is -0.408. The number of hydrogen-bond donors (Lipinski definition) is 3. The molecule has 1 aromatic heterocycles. The van der Waals surface area contributed by atoms with Crippen molar-refractivity contribution >= 4 is 28.9 Å². The summed E-state index contributed by atoms with van der Waals surface area (Å²) in [6.07, 6.45) is 0. The van der Waals surface area contributed by atoms with Crippen molar-refractivity contribution in [3.8, 4) is 5.75 Å². The Balaban J connectivity index is 1.93.